The summed E-state index contributed by atoms with van der Waals surface area (Å²) < 4.78 is 19.6. The molecule has 0 aromatic heterocycles. The van der Waals surface area contributed by atoms with Crippen molar-refractivity contribution >= 4 is 28.8 Å². The number of amides is 1. The molecule has 2 aromatic carbocycles. The predicted molar refractivity (Wildman–Crippen MR) is 114 cm³/mol. The first-order valence-electron chi connectivity index (χ1n) is 9.75. The number of carbonyl (C=O) groups excluding carboxylic acids is 2. The summed E-state index contributed by atoms with van der Waals surface area (Å²) in [6.07, 6.45) is 0.641. The van der Waals surface area contributed by atoms with Gasteiger partial charge in [0.25, 0.3) is 0 Å². The van der Waals surface area contributed by atoms with Crippen molar-refractivity contribution in [2.45, 2.75) is 38.2 Å². The van der Waals surface area contributed by atoms with E-state index in [1.165, 1.54) is 28.8 Å². The summed E-state index contributed by atoms with van der Waals surface area (Å²) >= 11 is 1.38. The smallest absolute Gasteiger partial charge is 0.338 e. The van der Waals surface area contributed by atoms with Crippen LogP contribution in [-0.4, -0.2) is 27.2 Å². The lowest BCUT2D eigenvalue weighted by molar-refractivity contribution is -0.141. The van der Waals surface area contributed by atoms with Gasteiger partial charge < -0.3 is 4.74 Å². The molecule has 7 heteroatoms. The van der Waals surface area contributed by atoms with E-state index >= 15 is 0 Å². The molecule has 1 fully saturated rings. The second kappa shape index (κ2) is 8.44. The van der Waals surface area contributed by atoms with Crippen LogP contribution in [0.2, 0.25) is 0 Å². The first-order valence-corrected chi connectivity index (χ1v) is 10.6. The van der Waals surface area contributed by atoms with E-state index < -0.39 is 17.8 Å². The van der Waals surface area contributed by atoms with Crippen LogP contribution in [0.3, 0.4) is 0 Å². The molecular weight excluding hydrogens is 403 g/mol. The van der Waals surface area contributed by atoms with E-state index in [9.17, 15) is 14.0 Å². The van der Waals surface area contributed by atoms with Gasteiger partial charge in [-0.05, 0) is 36.6 Å². The van der Waals surface area contributed by atoms with Crippen LogP contribution in [0.25, 0.3) is 0 Å². The molecule has 0 N–H and O–H groups in total. The Labute approximate surface area is 178 Å². The Morgan fingerprint density at radius 1 is 1.20 bits per heavy atom. The Hall–Kier alpha value is -2.93. The quantitative estimate of drug-likeness (QED) is 0.658. The number of amidine groups is 1. The van der Waals surface area contributed by atoms with E-state index in [2.05, 4.69) is 4.99 Å². The van der Waals surface area contributed by atoms with Gasteiger partial charge in [0.2, 0.25) is 5.91 Å². The van der Waals surface area contributed by atoms with E-state index in [1.54, 1.807) is 19.1 Å². The first-order chi connectivity index (χ1) is 14.5. The van der Waals surface area contributed by atoms with Gasteiger partial charge in [-0.2, -0.15) is 0 Å². The van der Waals surface area contributed by atoms with E-state index in [-0.39, 0.29) is 23.3 Å². The molecule has 2 heterocycles. The molecule has 154 valence electrons. The molecule has 1 saturated heterocycles. The van der Waals surface area contributed by atoms with E-state index in [1.807, 2.05) is 37.3 Å². The van der Waals surface area contributed by atoms with Crippen molar-refractivity contribution in [3.8, 4) is 0 Å². The molecule has 4 rings (SSSR count). The Morgan fingerprint density at radius 3 is 2.67 bits per heavy atom. The number of aliphatic imine (C=N–C) groups is 1. The standard InChI is InChI=1S/C23H21FN2O3S/c1-3-18-21(27)26-20(16-10-7-11-17(24)12-16)19(14(2)25-23(26)30-18)22(28)29-13-15-8-5-4-6-9-15/h4-12,18,20H,3,13H2,1-2H3/t18-,20+/m1/s1. The van der Waals surface area contributed by atoms with Gasteiger partial charge in [-0.25, -0.2) is 14.2 Å². The summed E-state index contributed by atoms with van der Waals surface area (Å²) in [7, 11) is 0. The van der Waals surface area contributed by atoms with Gasteiger partial charge in [-0.15, -0.1) is 0 Å². The molecule has 1 amide bonds. The molecule has 0 aliphatic carbocycles. The van der Waals surface area contributed by atoms with Crippen molar-refractivity contribution in [1.82, 2.24) is 4.90 Å². The summed E-state index contributed by atoms with van der Waals surface area (Å²) in [6, 6.07) is 14.5. The topological polar surface area (TPSA) is 59.0 Å². The van der Waals surface area contributed by atoms with Crippen molar-refractivity contribution in [3.63, 3.8) is 0 Å². The fourth-order valence-electron chi connectivity index (χ4n) is 3.64. The highest BCUT2D eigenvalue weighted by atomic mass is 32.2. The second-order valence-electron chi connectivity index (χ2n) is 7.14. The van der Waals surface area contributed by atoms with Gasteiger partial charge in [-0.1, -0.05) is 61.2 Å². The largest absolute Gasteiger partial charge is 0.457 e. The zero-order valence-electron chi connectivity index (χ0n) is 16.7. The lowest BCUT2D eigenvalue weighted by Crippen LogP contribution is -2.40. The van der Waals surface area contributed by atoms with Crippen LogP contribution in [-0.2, 0) is 20.9 Å². The summed E-state index contributed by atoms with van der Waals surface area (Å²) in [5, 5.41) is 0.269. The monoisotopic (exact) mass is 424 g/mol. The summed E-state index contributed by atoms with van der Waals surface area (Å²) in [5.74, 6) is -1.12. The maximum atomic E-state index is 14.0. The van der Waals surface area contributed by atoms with Crippen LogP contribution in [0, 0.1) is 5.82 Å². The highest BCUT2D eigenvalue weighted by Gasteiger charge is 2.47. The number of nitrogens with zero attached hydrogens (tertiary/aromatic N) is 2. The molecule has 2 atom stereocenters. The molecule has 0 saturated carbocycles. The van der Waals surface area contributed by atoms with Crippen molar-refractivity contribution in [2.75, 3.05) is 0 Å². The number of esters is 1. The molecule has 2 aromatic rings. The number of benzene rings is 2. The normalized spacial score (nSPS) is 20.8. The van der Waals surface area contributed by atoms with Gasteiger partial charge in [0.05, 0.1) is 22.6 Å². The van der Waals surface area contributed by atoms with Crippen LogP contribution >= 0.6 is 11.8 Å². The zero-order valence-corrected chi connectivity index (χ0v) is 17.5. The molecule has 2 aliphatic rings. The lowest BCUT2D eigenvalue weighted by Gasteiger charge is -2.33. The Morgan fingerprint density at radius 2 is 1.97 bits per heavy atom. The van der Waals surface area contributed by atoms with Gasteiger partial charge in [0, 0.05) is 0 Å². The minimum Gasteiger partial charge on any atom is -0.457 e. The van der Waals surface area contributed by atoms with Crippen molar-refractivity contribution in [1.29, 1.82) is 0 Å². The number of rotatable bonds is 5. The van der Waals surface area contributed by atoms with E-state index in [4.69, 9.17) is 4.74 Å². The maximum absolute atomic E-state index is 14.0. The molecular formula is C23H21FN2O3S. The Bertz CT molecular complexity index is 1050. The number of ether oxygens (including phenoxy) is 1. The molecule has 30 heavy (non-hydrogen) atoms. The van der Waals surface area contributed by atoms with E-state index in [0.717, 1.165) is 5.56 Å². The van der Waals surface area contributed by atoms with Crippen LogP contribution < -0.4 is 0 Å². The maximum Gasteiger partial charge on any atom is 0.338 e. The second-order valence-corrected chi connectivity index (χ2v) is 8.31. The summed E-state index contributed by atoms with van der Waals surface area (Å²) in [6.45, 7) is 3.75. The van der Waals surface area contributed by atoms with Crippen LogP contribution in [0.4, 0.5) is 4.39 Å². The Balaban J connectivity index is 1.72. The van der Waals surface area contributed by atoms with Gasteiger partial charge in [0.1, 0.15) is 12.4 Å². The highest BCUT2D eigenvalue weighted by Crippen LogP contribution is 2.44. The highest BCUT2D eigenvalue weighted by molar-refractivity contribution is 8.15. The molecule has 2 aliphatic heterocycles. The first kappa shape index (κ1) is 20.3. The third-order valence-corrected chi connectivity index (χ3v) is 6.44. The number of carbonyl (C=O) groups is 2. The van der Waals surface area contributed by atoms with Crippen molar-refractivity contribution in [2.24, 2.45) is 4.99 Å². The minimum absolute atomic E-state index is 0.100. The third kappa shape index (κ3) is 3.77. The predicted octanol–water partition coefficient (Wildman–Crippen LogP) is 4.61. The fraction of sp³-hybridized carbons (Fsp3) is 0.261. The average Bonchev–Trinajstić information content (AvgIpc) is 3.06. The number of halogens is 1. The van der Waals surface area contributed by atoms with E-state index in [0.29, 0.717) is 22.8 Å². The average molecular weight is 424 g/mol. The minimum atomic E-state index is -0.770. The molecule has 5 nitrogen and oxygen atoms in total. The summed E-state index contributed by atoms with van der Waals surface area (Å²) in [5.41, 5.74) is 2.10. The molecule has 0 unspecified atom stereocenters. The molecule has 0 spiro atoms. The van der Waals surface area contributed by atoms with Crippen molar-refractivity contribution in [3.05, 3.63) is 82.8 Å². The van der Waals surface area contributed by atoms with Gasteiger partial charge >= 0.3 is 5.97 Å². The number of allylic oxidation sites excluding steroid dienone is 1. The third-order valence-electron chi connectivity index (χ3n) is 5.12. The van der Waals surface area contributed by atoms with Crippen molar-refractivity contribution < 1.29 is 18.7 Å². The SMILES string of the molecule is CC[C@H]1SC2=NC(C)=C(C(=O)OCc3ccccc3)[C@H](c3cccc(F)c3)N2C1=O. The van der Waals surface area contributed by atoms with Crippen LogP contribution in [0.5, 0.6) is 0 Å². The molecule has 0 radical (unpaired) electrons. The van der Waals surface area contributed by atoms with Gasteiger partial charge in [-0.3, -0.25) is 9.69 Å². The molecule has 0 bridgehead atoms. The Kier molecular flexibility index (Phi) is 5.72. The summed E-state index contributed by atoms with van der Waals surface area (Å²) in [4.78, 5) is 32.2. The van der Waals surface area contributed by atoms with Gasteiger partial charge in [0.15, 0.2) is 5.17 Å². The van der Waals surface area contributed by atoms with Crippen LogP contribution in [0.15, 0.2) is 70.9 Å². The number of fused-ring (bicyclic) bond motifs is 1. The number of thioether (sulfide) groups is 1. The zero-order chi connectivity index (χ0) is 21.3. The number of hydrogen-bond acceptors (Lipinski definition) is 5. The number of hydrogen-bond donors (Lipinski definition) is 0. The van der Waals surface area contributed by atoms with Crippen LogP contribution in [0.1, 0.15) is 37.4 Å². The lowest BCUT2D eigenvalue weighted by atomic mass is 9.94. The fourth-order valence-corrected chi connectivity index (χ4v) is 4.78.